The second-order valence-electron chi connectivity index (χ2n) is 6.87. The average molecular weight is 381 g/mol. The highest BCUT2D eigenvalue weighted by Gasteiger charge is 2.19. The highest BCUT2D eigenvalue weighted by atomic mass is 35.5. The number of nitrogens with one attached hydrogen (secondary N) is 1. The molecule has 2 heterocycles. The zero-order chi connectivity index (χ0) is 18.8. The van der Waals surface area contributed by atoms with Crippen LogP contribution in [0.15, 0.2) is 42.5 Å². The van der Waals surface area contributed by atoms with E-state index < -0.39 is 0 Å². The summed E-state index contributed by atoms with van der Waals surface area (Å²) in [6.45, 7) is 2.82. The van der Waals surface area contributed by atoms with Crippen molar-refractivity contribution >= 4 is 23.2 Å². The zero-order valence-electron chi connectivity index (χ0n) is 15.2. The van der Waals surface area contributed by atoms with Gasteiger partial charge in [-0.1, -0.05) is 36.2 Å². The fourth-order valence-corrected chi connectivity index (χ4v) is 3.69. The number of rotatable bonds is 3. The van der Waals surface area contributed by atoms with E-state index in [9.17, 15) is 4.79 Å². The molecular weight excluding hydrogens is 360 g/mol. The number of hydrogen-bond donors (Lipinski definition) is 1. The molecule has 0 saturated carbocycles. The molecule has 1 aliphatic rings. The minimum atomic E-state index is -0.138. The van der Waals surface area contributed by atoms with Crippen LogP contribution in [0.4, 0.5) is 5.69 Å². The Morgan fingerprint density at radius 2 is 1.96 bits per heavy atom. The molecule has 1 amide bonds. The maximum Gasteiger partial charge on any atom is 0.255 e. The summed E-state index contributed by atoms with van der Waals surface area (Å²) in [4.78, 5) is 12.6. The Morgan fingerprint density at radius 1 is 1.11 bits per heavy atom. The number of carbonyl (C=O) groups is 1. The molecule has 0 unspecified atom stereocenters. The van der Waals surface area contributed by atoms with Crippen LogP contribution < -0.4 is 5.32 Å². The molecular formula is C21H21ClN4O. The fraction of sp³-hybridized carbons (Fsp3) is 0.286. The van der Waals surface area contributed by atoms with Crippen LogP contribution in [0.3, 0.4) is 0 Å². The van der Waals surface area contributed by atoms with Crippen LogP contribution in [0.25, 0.3) is 11.4 Å². The molecule has 6 heteroatoms. The molecule has 0 spiro atoms. The normalized spacial score (nSPS) is 13.7. The number of amides is 1. The molecule has 2 aromatic carbocycles. The second-order valence-corrected chi connectivity index (χ2v) is 7.27. The lowest BCUT2D eigenvalue weighted by atomic mass is 10.1. The van der Waals surface area contributed by atoms with Crippen molar-refractivity contribution in [3.8, 4) is 11.4 Å². The summed E-state index contributed by atoms with van der Waals surface area (Å²) in [6.07, 6.45) is 4.38. The molecule has 138 valence electrons. The van der Waals surface area contributed by atoms with Crippen LogP contribution in [-0.2, 0) is 13.0 Å². The molecule has 1 aromatic heterocycles. The summed E-state index contributed by atoms with van der Waals surface area (Å²) in [5.41, 5.74) is 3.07. The van der Waals surface area contributed by atoms with E-state index in [1.807, 2.05) is 43.3 Å². The van der Waals surface area contributed by atoms with Gasteiger partial charge in [0, 0.05) is 29.8 Å². The standard InChI is InChI=1S/C21H21ClN4O/c1-14-7-4-5-8-16(14)21(27)23-15-10-11-18(22)17(13-15)20-25-24-19-9-3-2-6-12-26(19)20/h4-5,7-8,10-11,13H,2-3,6,9,12H2,1H3,(H,23,27). The minimum Gasteiger partial charge on any atom is -0.322 e. The summed E-state index contributed by atoms with van der Waals surface area (Å²) in [5.74, 6) is 1.64. The molecule has 0 saturated heterocycles. The number of hydrogen-bond acceptors (Lipinski definition) is 3. The van der Waals surface area contributed by atoms with Crippen LogP contribution in [-0.4, -0.2) is 20.7 Å². The molecule has 27 heavy (non-hydrogen) atoms. The Morgan fingerprint density at radius 3 is 2.81 bits per heavy atom. The predicted molar refractivity (Wildman–Crippen MR) is 107 cm³/mol. The van der Waals surface area contributed by atoms with Crippen LogP contribution >= 0.6 is 11.6 Å². The van der Waals surface area contributed by atoms with Crippen molar-refractivity contribution in [1.29, 1.82) is 0 Å². The van der Waals surface area contributed by atoms with Gasteiger partial charge in [0.05, 0.1) is 5.02 Å². The van der Waals surface area contributed by atoms with Gasteiger partial charge in [0.15, 0.2) is 5.82 Å². The van der Waals surface area contributed by atoms with Gasteiger partial charge in [-0.05, 0) is 49.6 Å². The number of benzene rings is 2. The number of halogens is 1. The molecule has 0 radical (unpaired) electrons. The smallest absolute Gasteiger partial charge is 0.255 e. The quantitative estimate of drug-likeness (QED) is 0.704. The lowest BCUT2D eigenvalue weighted by Crippen LogP contribution is -2.13. The SMILES string of the molecule is Cc1ccccc1C(=O)Nc1ccc(Cl)c(-c2nnc3n2CCCCC3)c1. The monoisotopic (exact) mass is 380 g/mol. The lowest BCUT2D eigenvalue weighted by Gasteiger charge is -2.12. The summed E-state index contributed by atoms with van der Waals surface area (Å²) in [7, 11) is 0. The van der Waals surface area contributed by atoms with E-state index in [0.29, 0.717) is 16.3 Å². The fourth-order valence-electron chi connectivity index (χ4n) is 3.48. The molecule has 1 aliphatic heterocycles. The topological polar surface area (TPSA) is 59.8 Å². The maximum atomic E-state index is 12.6. The molecule has 0 aliphatic carbocycles. The third kappa shape index (κ3) is 3.60. The summed E-state index contributed by atoms with van der Waals surface area (Å²) >= 11 is 6.46. The number of nitrogens with zero attached hydrogens (tertiary/aromatic N) is 3. The van der Waals surface area contributed by atoms with E-state index in [-0.39, 0.29) is 5.91 Å². The number of aromatic nitrogens is 3. The molecule has 1 N–H and O–H groups in total. The van der Waals surface area contributed by atoms with E-state index in [1.54, 1.807) is 6.07 Å². The molecule has 0 bridgehead atoms. The van der Waals surface area contributed by atoms with Crippen LogP contribution in [0, 0.1) is 6.92 Å². The van der Waals surface area contributed by atoms with Gasteiger partial charge in [-0.15, -0.1) is 10.2 Å². The largest absolute Gasteiger partial charge is 0.322 e. The first-order chi connectivity index (χ1) is 13.1. The van der Waals surface area contributed by atoms with Gasteiger partial charge in [0.25, 0.3) is 5.91 Å². The van der Waals surface area contributed by atoms with Crippen LogP contribution in [0.2, 0.25) is 5.02 Å². The van der Waals surface area contributed by atoms with Gasteiger partial charge in [-0.2, -0.15) is 0 Å². The van der Waals surface area contributed by atoms with Gasteiger partial charge in [-0.3, -0.25) is 4.79 Å². The van der Waals surface area contributed by atoms with Gasteiger partial charge in [0.1, 0.15) is 5.82 Å². The van der Waals surface area contributed by atoms with E-state index in [1.165, 1.54) is 6.42 Å². The molecule has 0 fully saturated rings. The van der Waals surface area contributed by atoms with E-state index in [4.69, 9.17) is 11.6 Å². The maximum absolute atomic E-state index is 12.6. The van der Waals surface area contributed by atoms with E-state index in [2.05, 4.69) is 20.1 Å². The first-order valence-electron chi connectivity index (χ1n) is 9.22. The van der Waals surface area contributed by atoms with Gasteiger partial charge >= 0.3 is 0 Å². The minimum absolute atomic E-state index is 0.138. The molecule has 4 rings (SSSR count). The summed E-state index contributed by atoms with van der Waals surface area (Å²) in [5, 5.41) is 12.3. The molecule has 3 aromatic rings. The van der Waals surface area contributed by atoms with Crippen molar-refractivity contribution in [2.45, 2.75) is 39.2 Å². The van der Waals surface area contributed by atoms with E-state index >= 15 is 0 Å². The van der Waals surface area contributed by atoms with Crippen LogP contribution in [0.1, 0.15) is 41.0 Å². The van der Waals surface area contributed by atoms with Crippen molar-refractivity contribution < 1.29 is 4.79 Å². The van der Waals surface area contributed by atoms with Crippen LogP contribution in [0.5, 0.6) is 0 Å². The number of carbonyl (C=O) groups excluding carboxylic acids is 1. The number of anilines is 1. The van der Waals surface area contributed by atoms with Gasteiger partial charge in [0.2, 0.25) is 0 Å². The Balaban J connectivity index is 1.66. The van der Waals surface area contributed by atoms with Crippen molar-refractivity contribution in [1.82, 2.24) is 14.8 Å². The first-order valence-corrected chi connectivity index (χ1v) is 9.60. The van der Waals surface area contributed by atoms with Crippen molar-refractivity contribution in [2.75, 3.05) is 5.32 Å². The second kappa shape index (κ2) is 7.53. The van der Waals surface area contributed by atoms with E-state index in [0.717, 1.165) is 48.6 Å². The summed E-state index contributed by atoms with van der Waals surface area (Å²) < 4.78 is 2.15. The first kappa shape index (κ1) is 17.7. The zero-order valence-corrected chi connectivity index (χ0v) is 16.0. The van der Waals surface area contributed by atoms with Gasteiger partial charge < -0.3 is 9.88 Å². The predicted octanol–water partition coefficient (Wildman–Crippen LogP) is 4.89. The van der Waals surface area contributed by atoms with Crippen molar-refractivity contribution in [2.24, 2.45) is 0 Å². The Bertz CT molecular complexity index is 996. The van der Waals surface area contributed by atoms with Crippen molar-refractivity contribution in [3.05, 3.63) is 64.4 Å². The third-order valence-corrected chi connectivity index (χ3v) is 5.29. The molecule has 5 nitrogen and oxygen atoms in total. The Labute approximate surface area is 163 Å². The van der Waals surface area contributed by atoms with Gasteiger partial charge in [-0.25, -0.2) is 0 Å². The third-order valence-electron chi connectivity index (χ3n) is 4.96. The Kier molecular flexibility index (Phi) is 4.94. The highest BCUT2D eigenvalue weighted by Crippen LogP contribution is 2.31. The highest BCUT2D eigenvalue weighted by molar-refractivity contribution is 6.33. The Hall–Kier alpha value is -2.66. The van der Waals surface area contributed by atoms with Crippen molar-refractivity contribution in [3.63, 3.8) is 0 Å². The summed E-state index contributed by atoms with van der Waals surface area (Å²) in [6, 6.07) is 13.0. The molecule has 0 atom stereocenters. The average Bonchev–Trinajstić information content (AvgIpc) is 2.91. The lowest BCUT2D eigenvalue weighted by molar-refractivity contribution is 0.102. The number of fused-ring (bicyclic) bond motifs is 1. The number of aryl methyl sites for hydroxylation is 2.